The lowest BCUT2D eigenvalue weighted by Gasteiger charge is -2.20. The lowest BCUT2D eigenvalue weighted by molar-refractivity contribution is 0.398. The number of nitrogens with one attached hydrogen (secondary N) is 1. The van der Waals surface area contributed by atoms with Gasteiger partial charge in [-0.25, -0.2) is 9.97 Å². The molecule has 0 aromatic carbocycles. The van der Waals surface area contributed by atoms with Crippen LogP contribution in [0.15, 0.2) is 54.1 Å². The van der Waals surface area contributed by atoms with Gasteiger partial charge in [0.15, 0.2) is 5.65 Å². The third-order valence-corrected chi connectivity index (χ3v) is 6.82. The lowest BCUT2D eigenvalue weighted by atomic mass is 10.0. The van der Waals surface area contributed by atoms with E-state index in [2.05, 4.69) is 47.7 Å². The lowest BCUT2D eigenvalue weighted by Crippen LogP contribution is -2.30. The Bertz CT molecular complexity index is 1070. The van der Waals surface area contributed by atoms with Crippen LogP contribution in [-0.2, 0) is 0 Å². The number of nitrogens with zero attached hydrogens (tertiary/aromatic N) is 4. The first-order chi connectivity index (χ1) is 14.7. The molecule has 156 valence electrons. The molecule has 1 saturated heterocycles. The van der Waals surface area contributed by atoms with Gasteiger partial charge in [0.2, 0.25) is 5.88 Å². The molecule has 9 heteroatoms. The number of allylic oxidation sites excluding steroid dienone is 1. The van der Waals surface area contributed by atoms with Crippen molar-refractivity contribution < 1.29 is 4.74 Å². The van der Waals surface area contributed by atoms with Crippen molar-refractivity contribution in [1.29, 1.82) is 0 Å². The second-order valence-corrected chi connectivity index (χ2v) is 8.69. The Morgan fingerprint density at radius 3 is 2.83 bits per heavy atom. The number of halogens is 1. The summed E-state index contributed by atoms with van der Waals surface area (Å²) in [6.07, 6.45) is 11.3. The summed E-state index contributed by atoms with van der Waals surface area (Å²) in [4.78, 5) is 14.1. The first kappa shape index (κ1) is 21.1. The van der Waals surface area contributed by atoms with Gasteiger partial charge in [-0.15, -0.1) is 0 Å². The first-order valence-corrected chi connectivity index (χ1v) is 13.0. The fraction of sp³-hybridized carbons (Fsp3) is 0.286. The van der Waals surface area contributed by atoms with Gasteiger partial charge in [-0.2, -0.15) is 0 Å². The van der Waals surface area contributed by atoms with Gasteiger partial charge < -0.3 is 15.8 Å². The van der Waals surface area contributed by atoms with Gasteiger partial charge in [0.05, 0.1) is 18.9 Å². The van der Waals surface area contributed by atoms with Crippen molar-refractivity contribution >= 4 is 47.1 Å². The highest BCUT2D eigenvalue weighted by atomic mass is 127. The molecule has 3 aromatic rings. The van der Waals surface area contributed by atoms with E-state index in [4.69, 9.17) is 20.4 Å². The molecule has 1 fully saturated rings. The van der Waals surface area contributed by atoms with E-state index in [0.717, 1.165) is 59.4 Å². The monoisotopic (exact) mass is 534 g/mol. The number of piperidine rings is 1. The average Bonchev–Trinajstić information content (AvgIpc) is 3.17. The molecule has 0 bridgehead atoms. The summed E-state index contributed by atoms with van der Waals surface area (Å²) in [7, 11) is 3.20. The number of fused-ring (bicyclic) bond motifs is 1. The van der Waals surface area contributed by atoms with Gasteiger partial charge in [0.25, 0.3) is 0 Å². The highest BCUT2D eigenvalue weighted by Gasteiger charge is 2.16. The van der Waals surface area contributed by atoms with Crippen LogP contribution in [0.4, 0.5) is 0 Å². The molecule has 0 aliphatic carbocycles. The fourth-order valence-electron chi connectivity index (χ4n) is 3.60. The van der Waals surface area contributed by atoms with Crippen LogP contribution in [-0.4, -0.2) is 45.9 Å². The predicted octanol–water partition coefficient (Wildman–Crippen LogP) is 3.97. The highest BCUT2D eigenvalue weighted by molar-refractivity contribution is 14.2. The van der Waals surface area contributed by atoms with Crippen LogP contribution in [0.2, 0.25) is 0 Å². The molecular formula is C21H23IN6OS. The molecule has 1 aliphatic rings. The molecule has 1 aliphatic heterocycles. The number of nitrogens with two attached hydrogens (primary N) is 1. The summed E-state index contributed by atoms with van der Waals surface area (Å²) in [5.41, 5.74) is 10.5. The molecule has 0 radical (unpaired) electrons. The average molecular weight is 534 g/mol. The largest absolute Gasteiger partial charge is 0.481 e. The number of pyridine rings is 2. The zero-order valence-corrected chi connectivity index (χ0v) is 19.6. The second kappa shape index (κ2) is 9.80. The van der Waals surface area contributed by atoms with Gasteiger partial charge in [0, 0.05) is 77.1 Å². The van der Waals surface area contributed by atoms with Crippen LogP contribution in [0.1, 0.15) is 18.4 Å². The Balaban J connectivity index is 1.80. The molecule has 0 saturated carbocycles. The van der Waals surface area contributed by atoms with E-state index in [0.29, 0.717) is 11.9 Å². The van der Waals surface area contributed by atoms with Gasteiger partial charge in [-0.3, -0.25) is 8.96 Å². The Kier molecular flexibility index (Phi) is 6.90. The van der Waals surface area contributed by atoms with Crippen LogP contribution in [0.5, 0.6) is 5.88 Å². The predicted molar refractivity (Wildman–Crippen MR) is 132 cm³/mol. The normalized spacial score (nSPS) is 15.9. The zero-order valence-electron chi connectivity index (χ0n) is 16.6. The van der Waals surface area contributed by atoms with Crippen molar-refractivity contribution in [3.8, 4) is 17.0 Å². The third-order valence-electron chi connectivity index (χ3n) is 5.12. The van der Waals surface area contributed by atoms with Gasteiger partial charge in [0.1, 0.15) is 0 Å². The number of hydrogen-bond acceptors (Lipinski definition) is 7. The maximum atomic E-state index is 5.74. The minimum atomic E-state index is 0.299. The summed E-state index contributed by atoms with van der Waals surface area (Å²) < 4.78 is 7.25. The van der Waals surface area contributed by atoms with Crippen LogP contribution in [0.25, 0.3) is 22.2 Å². The standard InChI is InChI=1S/C21H23IN6OS/c1-29-20-3-2-14(11-25-20)18-13-28(30-22)21-17(18)10-15(12-26-21)19(4-7-23)27-16-5-8-24-9-6-16/h2-4,7,10-13,16,24H,5-6,8-9,23H2,1H3/b7-4-,27-19?. The Labute approximate surface area is 191 Å². The molecule has 0 atom stereocenters. The Hall–Kier alpha value is -2.11. The van der Waals surface area contributed by atoms with Crippen LogP contribution >= 0.6 is 30.3 Å². The van der Waals surface area contributed by atoms with E-state index >= 15 is 0 Å². The number of aliphatic imine (C=N–C) groups is 1. The van der Waals surface area contributed by atoms with E-state index < -0.39 is 0 Å². The minimum absolute atomic E-state index is 0.299. The molecule has 7 nitrogen and oxygen atoms in total. The summed E-state index contributed by atoms with van der Waals surface area (Å²) in [6, 6.07) is 6.33. The van der Waals surface area contributed by atoms with E-state index in [1.807, 2.05) is 30.6 Å². The van der Waals surface area contributed by atoms with Crippen molar-refractivity contribution in [1.82, 2.24) is 19.3 Å². The molecule has 0 spiro atoms. The minimum Gasteiger partial charge on any atom is -0.481 e. The second-order valence-electron chi connectivity index (χ2n) is 6.98. The smallest absolute Gasteiger partial charge is 0.212 e. The number of methoxy groups -OCH3 is 1. The molecule has 3 N–H and O–H groups in total. The third kappa shape index (κ3) is 4.47. The van der Waals surface area contributed by atoms with Crippen LogP contribution < -0.4 is 15.8 Å². The van der Waals surface area contributed by atoms with E-state index in [9.17, 15) is 0 Å². The van der Waals surface area contributed by atoms with Crippen molar-refractivity contribution in [2.45, 2.75) is 18.9 Å². The number of ether oxygens (including phenoxy) is 1. The van der Waals surface area contributed by atoms with E-state index in [1.54, 1.807) is 22.4 Å². The van der Waals surface area contributed by atoms with Gasteiger partial charge in [-0.05, 0) is 50.3 Å². The highest BCUT2D eigenvalue weighted by Crippen LogP contribution is 2.34. The maximum absolute atomic E-state index is 5.74. The van der Waals surface area contributed by atoms with Crippen molar-refractivity contribution in [3.63, 3.8) is 0 Å². The Morgan fingerprint density at radius 1 is 1.33 bits per heavy atom. The van der Waals surface area contributed by atoms with E-state index in [1.165, 1.54) is 0 Å². The summed E-state index contributed by atoms with van der Waals surface area (Å²) in [5, 5.41) is 4.43. The number of aromatic nitrogens is 3. The summed E-state index contributed by atoms with van der Waals surface area (Å²) >= 11 is 2.26. The van der Waals surface area contributed by atoms with Gasteiger partial charge >= 0.3 is 0 Å². The SMILES string of the molecule is COc1ccc(-c2cn(SI)c3ncc(C(/C=C\N)=NC4CCNCC4)cc23)cn1. The van der Waals surface area contributed by atoms with Crippen LogP contribution in [0, 0.1) is 0 Å². The van der Waals surface area contributed by atoms with Gasteiger partial charge in [-0.1, -0.05) is 0 Å². The fourth-order valence-corrected chi connectivity index (χ4v) is 4.86. The first-order valence-electron chi connectivity index (χ1n) is 9.71. The zero-order chi connectivity index (χ0) is 20.9. The molecule has 4 rings (SSSR count). The molecular weight excluding hydrogens is 511 g/mol. The van der Waals surface area contributed by atoms with Crippen molar-refractivity contribution in [3.05, 3.63) is 54.6 Å². The van der Waals surface area contributed by atoms with Crippen molar-refractivity contribution in [2.24, 2.45) is 10.7 Å². The molecule has 0 unspecified atom stereocenters. The van der Waals surface area contributed by atoms with E-state index in [-0.39, 0.29) is 0 Å². The quantitative estimate of drug-likeness (QED) is 0.368. The van der Waals surface area contributed by atoms with Crippen LogP contribution in [0.3, 0.4) is 0 Å². The Morgan fingerprint density at radius 2 is 2.17 bits per heavy atom. The number of rotatable bonds is 6. The topological polar surface area (TPSA) is 90.4 Å². The molecule has 3 aromatic heterocycles. The summed E-state index contributed by atoms with van der Waals surface area (Å²) in [6.45, 7) is 1.99. The maximum Gasteiger partial charge on any atom is 0.212 e. The summed E-state index contributed by atoms with van der Waals surface area (Å²) in [5.74, 6) is 0.592. The van der Waals surface area contributed by atoms with Crippen molar-refractivity contribution in [2.75, 3.05) is 20.2 Å². The molecule has 0 amide bonds. The molecule has 30 heavy (non-hydrogen) atoms. The molecule has 4 heterocycles. The number of hydrogen-bond donors (Lipinski definition) is 2.